The molecule has 1 aliphatic rings. The van der Waals surface area contributed by atoms with Gasteiger partial charge in [0.1, 0.15) is 5.82 Å². The number of rotatable bonds is 7. The van der Waals surface area contributed by atoms with E-state index in [9.17, 15) is 13.5 Å². The summed E-state index contributed by atoms with van der Waals surface area (Å²) >= 11 is 1.70. The zero-order valence-electron chi connectivity index (χ0n) is 18.5. The molecule has 4 aromatic heterocycles. The van der Waals surface area contributed by atoms with Gasteiger partial charge in [0.15, 0.2) is 9.84 Å². The Morgan fingerprint density at radius 1 is 1.00 bits per heavy atom. The number of hydrogen-bond donors (Lipinski definition) is 2. The summed E-state index contributed by atoms with van der Waals surface area (Å²) in [5, 5.41) is 14.2. The van der Waals surface area contributed by atoms with E-state index in [1.807, 2.05) is 30.3 Å². The first-order chi connectivity index (χ1) is 17.0. The maximum Gasteiger partial charge on any atom is 0.181 e. The zero-order chi connectivity index (χ0) is 24.0. The molecule has 2 N–H and O–H groups in total. The number of aliphatic hydroxyl groups is 1. The molecule has 6 rings (SSSR count). The van der Waals surface area contributed by atoms with Crippen LogP contribution in [0, 0.1) is 0 Å². The number of aliphatic hydroxyl groups excluding tert-OH is 1. The van der Waals surface area contributed by atoms with E-state index in [0.29, 0.717) is 28.3 Å². The first kappa shape index (κ1) is 22.0. The highest BCUT2D eigenvalue weighted by Crippen LogP contribution is 2.43. The minimum absolute atomic E-state index is 0.0858. The van der Waals surface area contributed by atoms with Crippen LogP contribution >= 0.6 is 11.3 Å². The van der Waals surface area contributed by atoms with E-state index in [4.69, 9.17) is 9.97 Å². The molecule has 0 amide bonds. The van der Waals surface area contributed by atoms with E-state index >= 15 is 0 Å². The molecule has 0 saturated heterocycles. The molecule has 0 bridgehead atoms. The maximum atomic E-state index is 13.0. The van der Waals surface area contributed by atoms with Crippen LogP contribution in [0.5, 0.6) is 0 Å². The number of nitrogens with one attached hydrogen (secondary N) is 1. The van der Waals surface area contributed by atoms with Gasteiger partial charge in [0.05, 0.1) is 49.1 Å². The molecule has 0 aliphatic heterocycles. The molecule has 4 heterocycles. The van der Waals surface area contributed by atoms with E-state index in [2.05, 4.69) is 15.3 Å². The number of benzene rings is 1. The molecular weight excluding hydrogens is 482 g/mol. The van der Waals surface area contributed by atoms with Crippen LogP contribution in [-0.4, -0.2) is 45.8 Å². The molecule has 8 nitrogen and oxygen atoms in total. The third-order valence-corrected chi connectivity index (χ3v) is 8.86. The fraction of sp³-hybridized carbons (Fsp3) is 0.200. The molecule has 1 fully saturated rings. The minimum atomic E-state index is -3.75. The normalized spacial score (nSPS) is 14.0. The van der Waals surface area contributed by atoms with Gasteiger partial charge in [0.2, 0.25) is 0 Å². The second kappa shape index (κ2) is 8.63. The van der Waals surface area contributed by atoms with Gasteiger partial charge in [-0.05, 0) is 55.3 Å². The number of thiazole rings is 1. The average Bonchev–Trinajstić information content (AvgIpc) is 3.63. The minimum Gasteiger partial charge on any atom is -0.395 e. The summed E-state index contributed by atoms with van der Waals surface area (Å²) < 4.78 is 27.1. The van der Waals surface area contributed by atoms with Crippen LogP contribution in [0.25, 0.3) is 32.4 Å². The largest absolute Gasteiger partial charge is 0.395 e. The van der Waals surface area contributed by atoms with E-state index in [0.717, 1.165) is 21.5 Å². The summed E-state index contributed by atoms with van der Waals surface area (Å²) in [6, 6.07) is 12.8. The topological polar surface area (TPSA) is 118 Å². The molecule has 1 aliphatic carbocycles. The highest BCUT2D eigenvalue weighted by atomic mass is 32.2. The molecule has 1 saturated carbocycles. The van der Waals surface area contributed by atoms with E-state index in [1.54, 1.807) is 29.8 Å². The molecule has 0 unspecified atom stereocenters. The van der Waals surface area contributed by atoms with Crippen molar-refractivity contribution in [2.24, 2.45) is 0 Å². The second-order valence-corrected chi connectivity index (χ2v) is 11.6. The lowest BCUT2D eigenvalue weighted by atomic mass is 10.1. The van der Waals surface area contributed by atoms with Gasteiger partial charge in [-0.2, -0.15) is 0 Å². The van der Waals surface area contributed by atoms with Crippen molar-refractivity contribution in [1.82, 2.24) is 19.9 Å². The number of aromatic nitrogens is 4. The Morgan fingerprint density at radius 3 is 2.60 bits per heavy atom. The molecule has 0 atom stereocenters. The smallest absolute Gasteiger partial charge is 0.181 e. The van der Waals surface area contributed by atoms with Crippen molar-refractivity contribution in [2.75, 3.05) is 17.7 Å². The molecule has 35 heavy (non-hydrogen) atoms. The number of anilines is 2. The highest BCUT2D eigenvalue weighted by molar-refractivity contribution is 7.91. The number of fused-ring (bicyclic) bond motifs is 2. The quantitative estimate of drug-likeness (QED) is 0.328. The summed E-state index contributed by atoms with van der Waals surface area (Å²) in [6.07, 6.45) is 7.22. The van der Waals surface area contributed by atoms with Gasteiger partial charge < -0.3 is 10.4 Å². The van der Waals surface area contributed by atoms with Crippen molar-refractivity contribution in [1.29, 1.82) is 0 Å². The molecule has 5 aromatic rings. The Hall–Kier alpha value is -3.47. The fourth-order valence-corrected chi connectivity index (χ4v) is 6.47. The van der Waals surface area contributed by atoms with Crippen LogP contribution in [0.2, 0.25) is 0 Å². The molecular formula is C25H21N5O3S2. The van der Waals surface area contributed by atoms with Gasteiger partial charge in [-0.25, -0.2) is 18.4 Å². The van der Waals surface area contributed by atoms with Gasteiger partial charge in [0.25, 0.3) is 0 Å². The van der Waals surface area contributed by atoms with Crippen molar-refractivity contribution in [3.8, 4) is 11.3 Å². The lowest BCUT2D eigenvalue weighted by Crippen LogP contribution is -2.12. The monoisotopic (exact) mass is 503 g/mol. The van der Waals surface area contributed by atoms with Crippen molar-refractivity contribution in [3.05, 3.63) is 66.1 Å². The van der Waals surface area contributed by atoms with Gasteiger partial charge >= 0.3 is 0 Å². The number of pyridine rings is 3. The first-order valence-corrected chi connectivity index (χ1v) is 13.7. The van der Waals surface area contributed by atoms with Gasteiger partial charge in [-0.1, -0.05) is 0 Å². The molecule has 1 aromatic carbocycles. The van der Waals surface area contributed by atoms with Gasteiger partial charge in [-0.15, -0.1) is 11.3 Å². The predicted octanol–water partition coefficient (Wildman–Crippen LogP) is 4.69. The third-order valence-electron chi connectivity index (χ3n) is 5.95. The summed E-state index contributed by atoms with van der Waals surface area (Å²) in [5.41, 5.74) is 3.70. The number of sulfone groups is 1. The van der Waals surface area contributed by atoms with Gasteiger partial charge in [-0.3, -0.25) is 9.97 Å². The highest BCUT2D eigenvalue weighted by Gasteiger charge is 2.27. The Morgan fingerprint density at radius 2 is 1.83 bits per heavy atom. The zero-order valence-corrected chi connectivity index (χ0v) is 20.2. The molecule has 176 valence electrons. The lowest BCUT2D eigenvalue weighted by molar-refractivity contribution is 0.319. The number of hydrogen-bond acceptors (Lipinski definition) is 9. The maximum absolute atomic E-state index is 13.0. The molecule has 0 spiro atoms. The van der Waals surface area contributed by atoms with Crippen molar-refractivity contribution in [3.63, 3.8) is 0 Å². The van der Waals surface area contributed by atoms with Crippen LogP contribution in [0.1, 0.15) is 23.8 Å². The SMILES string of the molecule is O=S(=O)(CCO)c1ccnc2cc(-c3ccncc3)nc(Nc3ccc4nc(C5CC5)sc4c3)c12. The Balaban J connectivity index is 1.52. The Labute approximate surface area is 205 Å². The van der Waals surface area contributed by atoms with Crippen molar-refractivity contribution >= 4 is 53.8 Å². The summed E-state index contributed by atoms with van der Waals surface area (Å²) in [4.78, 5) is 18.2. The van der Waals surface area contributed by atoms with Gasteiger partial charge in [0, 0.05) is 35.8 Å². The summed E-state index contributed by atoms with van der Waals surface area (Å²) in [5.74, 6) is 0.580. The molecule has 0 radical (unpaired) electrons. The Bertz CT molecular complexity index is 1670. The van der Waals surface area contributed by atoms with Crippen molar-refractivity contribution < 1.29 is 13.5 Å². The predicted molar refractivity (Wildman–Crippen MR) is 137 cm³/mol. The van der Waals surface area contributed by atoms with E-state index in [-0.39, 0.29) is 10.6 Å². The number of nitrogens with zero attached hydrogens (tertiary/aromatic N) is 4. The second-order valence-electron chi connectivity index (χ2n) is 8.47. The van der Waals surface area contributed by atoms with Crippen LogP contribution in [0.15, 0.2) is 66.0 Å². The summed E-state index contributed by atoms with van der Waals surface area (Å²) in [7, 11) is -3.75. The van der Waals surface area contributed by atoms with Crippen LogP contribution < -0.4 is 5.32 Å². The third kappa shape index (κ3) is 4.24. The van der Waals surface area contributed by atoms with Crippen LogP contribution in [-0.2, 0) is 9.84 Å². The first-order valence-electron chi connectivity index (χ1n) is 11.2. The Kier molecular flexibility index (Phi) is 5.43. The summed E-state index contributed by atoms with van der Waals surface area (Å²) in [6.45, 7) is -0.469. The van der Waals surface area contributed by atoms with Crippen molar-refractivity contribution in [2.45, 2.75) is 23.7 Å². The van der Waals surface area contributed by atoms with E-state index in [1.165, 1.54) is 30.1 Å². The lowest BCUT2D eigenvalue weighted by Gasteiger charge is -2.14. The standard InChI is InChI=1S/C25H21N5O3S2/c31-11-12-35(32,33)22-7-10-27-20-14-19(15-5-8-26-9-6-15)29-24(23(20)22)28-17-3-4-18-21(13-17)34-25(30-18)16-1-2-16/h3-10,13-14,16,31H,1-2,11-12H2,(H,28,29). The van der Waals surface area contributed by atoms with Crippen LogP contribution in [0.3, 0.4) is 0 Å². The average molecular weight is 504 g/mol. The van der Waals surface area contributed by atoms with Crippen LogP contribution in [0.4, 0.5) is 11.5 Å². The fourth-order valence-electron chi connectivity index (χ4n) is 4.06. The van der Waals surface area contributed by atoms with E-state index < -0.39 is 16.4 Å². The molecule has 10 heteroatoms.